The predicted octanol–water partition coefficient (Wildman–Crippen LogP) is 12.5. The number of hydrogen-bond acceptors (Lipinski definition) is 2. The molecular weight excluding hydrogens is 534 g/mol. The minimum absolute atomic E-state index is 0.0767. The lowest BCUT2D eigenvalue weighted by atomic mass is 9.62. The molecule has 2 aliphatic rings. The highest BCUT2D eigenvalue weighted by Gasteiger charge is 2.36. The second-order valence-electron chi connectivity index (χ2n) is 14.5. The van der Waals surface area contributed by atoms with Crippen LogP contribution in [0, 0.1) is 17.7 Å². The molecule has 44 heavy (non-hydrogen) atoms. The maximum absolute atomic E-state index is 9.51. The summed E-state index contributed by atoms with van der Waals surface area (Å²) in [5.41, 5.74) is 3.31. The summed E-state index contributed by atoms with van der Waals surface area (Å²) in [7, 11) is 0. The summed E-state index contributed by atoms with van der Waals surface area (Å²) in [6.45, 7) is 2.82. The van der Waals surface area contributed by atoms with Gasteiger partial charge in [0.05, 0.1) is 5.69 Å². The molecule has 2 aliphatic carbocycles. The number of para-hydroxylation sites is 1. The van der Waals surface area contributed by atoms with E-state index in [0.717, 1.165) is 56.3 Å². The van der Waals surface area contributed by atoms with E-state index in [0.29, 0.717) is 22.3 Å². The maximum atomic E-state index is 9.51. The molecule has 0 atom stereocenters. The van der Waals surface area contributed by atoms with Gasteiger partial charge in [-0.2, -0.15) is 0 Å². The highest BCUT2D eigenvalue weighted by Crippen LogP contribution is 2.51. The summed E-state index contributed by atoms with van der Waals surface area (Å²) in [6, 6.07) is 22.7. The van der Waals surface area contributed by atoms with Gasteiger partial charge < -0.3 is 4.42 Å². The fourth-order valence-electron chi connectivity index (χ4n) is 8.06. The van der Waals surface area contributed by atoms with Gasteiger partial charge in [0.1, 0.15) is 11.2 Å². The fourth-order valence-corrected chi connectivity index (χ4v) is 8.06. The standard InChI is InChI=1S/C42H45NO/c1-27-26-43-38(23-32(27)25-41(2,3)4)35-10-8-9-34-37-22-31-12-11-30-21-29(13-14-33(30)36(31)24-39(37)44-40(34)35)28-15-19-42(20-16-28)17-6-5-7-18-42/h8-14,21-24,26,28H,5-7,15-20,25H2,1-4H3/i1D3,25D2,28D. The molecule has 224 valence electrons. The van der Waals surface area contributed by atoms with E-state index in [-0.39, 0.29) is 11.1 Å². The van der Waals surface area contributed by atoms with Crippen LogP contribution in [0.5, 0.6) is 0 Å². The van der Waals surface area contributed by atoms with Crippen molar-refractivity contribution in [2.45, 2.75) is 97.7 Å². The van der Waals surface area contributed by atoms with E-state index in [1.807, 2.05) is 18.2 Å². The van der Waals surface area contributed by atoms with Crippen molar-refractivity contribution in [1.82, 2.24) is 4.98 Å². The second-order valence-corrected chi connectivity index (χ2v) is 14.5. The largest absolute Gasteiger partial charge is 0.455 e. The zero-order chi connectivity index (χ0) is 35.3. The van der Waals surface area contributed by atoms with Gasteiger partial charge in [-0.1, -0.05) is 82.5 Å². The number of pyridine rings is 1. The average molecular weight is 586 g/mol. The van der Waals surface area contributed by atoms with Gasteiger partial charge in [-0.3, -0.25) is 4.98 Å². The van der Waals surface area contributed by atoms with Crippen LogP contribution in [0.1, 0.15) is 109 Å². The van der Waals surface area contributed by atoms with Crippen molar-refractivity contribution >= 4 is 43.5 Å². The van der Waals surface area contributed by atoms with Crippen molar-refractivity contribution < 1.29 is 12.6 Å². The van der Waals surface area contributed by atoms with Gasteiger partial charge in [-0.15, -0.1) is 0 Å². The molecule has 0 aliphatic heterocycles. The molecule has 0 N–H and O–H groups in total. The van der Waals surface area contributed by atoms with Gasteiger partial charge in [0, 0.05) is 30.8 Å². The molecule has 2 nitrogen and oxygen atoms in total. The number of aryl methyl sites for hydroxylation is 1. The van der Waals surface area contributed by atoms with E-state index in [9.17, 15) is 1.37 Å². The highest BCUT2D eigenvalue weighted by atomic mass is 16.3. The van der Waals surface area contributed by atoms with Gasteiger partial charge >= 0.3 is 0 Å². The van der Waals surface area contributed by atoms with Crippen LogP contribution < -0.4 is 0 Å². The van der Waals surface area contributed by atoms with E-state index in [2.05, 4.69) is 47.4 Å². The maximum Gasteiger partial charge on any atom is 0.144 e. The van der Waals surface area contributed by atoms with E-state index < -0.39 is 24.5 Å². The lowest BCUT2D eigenvalue weighted by Crippen LogP contribution is -2.29. The summed E-state index contributed by atoms with van der Waals surface area (Å²) < 4.78 is 58.4. The number of furan rings is 1. The Balaban J connectivity index is 1.20. The number of rotatable bonds is 3. The van der Waals surface area contributed by atoms with Crippen molar-refractivity contribution in [3.05, 3.63) is 89.6 Å². The van der Waals surface area contributed by atoms with Crippen LogP contribution in [0.15, 0.2) is 77.3 Å². The van der Waals surface area contributed by atoms with Crippen molar-refractivity contribution in [3.63, 3.8) is 0 Å². The van der Waals surface area contributed by atoms with E-state index in [1.165, 1.54) is 51.1 Å². The van der Waals surface area contributed by atoms with Crippen molar-refractivity contribution in [3.8, 4) is 11.3 Å². The Morgan fingerprint density at radius 2 is 1.66 bits per heavy atom. The van der Waals surface area contributed by atoms with E-state index >= 15 is 0 Å². The van der Waals surface area contributed by atoms with Crippen molar-refractivity contribution in [1.29, 1.82) is 0 Å². The number of nitrogens with zero attached hydrogens (tertiary/aromatic N) is 1. The Labute approximate surface area is 270 Å². The third-order valence-electron chi connectivity index (χ3n) is 10.4. The fraction of sp³-hybridized carbons (Fsp3) is 0.405. The zero-order valence-corrected chi connectivity index (χ0v) is 26.1. The third kappa shape index (κ3) is 4.91. The normalized spacial score (nSPS) is 21.2. The van der Waals surface area contributed by atoms with Gasteiger partial charge in [-0.25, -0.2) is 0 Å². The quantitative estimate of drug-likeness (QED) is 0.193. The summed E-state index contributed by atoms with van der Waals surface area (Å²) >= 11 is 0. The van der Waals surface area contributed by atoms with Crippen molar-refractivity contribution in [2.75, 3.05) is 0 Å². The van der Waals surface area contributed by atoms with Crippen molar-refractivity contribution in [2.24, 2.45) is 10.8 Å². The summed E-state index contributed by atoms with van der Waals surface area (Å²) in [5, 5.41) is 6.35. The second kappa shape index (κ2) is 10.5. The van der Waals surface area contributed by atoms with Gasteiger partial charge in [0.25, 0.3) is 0 Å². The average Bonchev–Trinajstić information content (AvgIpc) is 3.45. The first-order valence-electron chi connectivity index (χ1n) is 19.4. The zero-order valence-electron chi connectivity index (χ0n) is 32.1. The monoisotopic (exact) mass is 585 g/mol. The molecule has 0 unspecified atom stereocenters. The molecule has 0 radical (unpaired) electrons. The first-order chi connectivity index (χ1) is 23.6. The molecule has 2 saturated carbocycles. The summed E-state index contributed by atoms with van der Waals surface area (Å²) in [5.74, 6) is -0.535. The number of hydrogen-bond donors (Lipinski definition) is 0. The molecule has 0 amide bonds. The molecule has 2 heteroatoms. The Hall–Kier alpha value is -3.65. The van der Waals surface area contributed by atoms with Crippen LogP contribution >= 0.6 is 0 Å². The lowest BCUT2D eigenvalue weighted by Gasteiger charge is -2.43. The molecule has 0 bridgehead atoms. The summed E-state index contributed by atoms with van der Waals surface area (Å²) in [4.78, 5) is 4.56. The van der Waals surface area contributed by atoms with E-state index in [1.54, 1.807) is 26.8 Å². The third-order valence-corrected chi connectivity index (χ3v) is 10.4. The van der Waals surface area contributed by atoms with Crippen LogP contribution in [0.2, 0.25) is 0 Å². The van der Waals surface area contributed by atoms with Crippen LogP contribution in [0.3, 0.4) is 0 Å². The van der Waals surface area contributed by atoms with E-state index in [4.69, 9.17) is 11.3 Å². The first kappa shape index (κ1) is 22.0. The molecule has 0 saturated heterocycles. The predicted molar refractivity (Wildman–Crippen MR) is 187 cm³/mol. The van der Waals surface area contributed by atoms with Gasteiger partial charge in [0.15, 0.2) is 0 Å². The highest BCUT2D eigenvalue weighted by molar-refractivity contribution is 6.17. The summed E-state index contributed by atoms with van der Waals surface area (Å²) in [6.07, 6.45) is 10.3. The topological polar surface area (TPSA) is 26.0 Å². The first-order valence-corrected chi connectivity index (χ1v) is 16.4. The minimum Gasteiger partial charge on any atom is -0.455 e. The van der Waals surface area contributed by atoms with Crippen LogP contribution in [0.4, 0.5) is 0 Å². The molecule has 2 heterocycles. The van der Waals surface area contributed by atoms with Gasteiger partial charge in [-0.05, 0) is 131 Å². The smallest absolute Gasteiger partial charge is 0.144 e. The lowest BCUT2D eigenvalue weighted by molar-refractivity contribution is 0.114. The Kier molecular flexibility index (Phi) is 5.22. The Morgan fingerprint density at radius 1 is 0.864 bits per heavy atom. The number of benzene rings is 4. The molecule has 2 fully saturated rings. The SMILES string of the molecule is [2H]C([2H])([2H])c1cnc(-c2cccc3c2oc2cc4c(ccc5cc(C6([2H])CCC7(CCCCC7)CC6)ccc54)cc23)cc1C([2H])([2H])C(C)(C)C. The van der Waals surface area contributed by atoms with Crippen LogP contribution in [0.25, 0.3) is 54.7 Å². The molecule has 6 aromatic rings. The molecule has 1 spiro atoms. The van der Waals surface area contributed by atoms with Crippen LogP contribution in [-0.2, 0) is 6.37 Å². The van der Waals surface area contributed by atoms with Crippen LogP contribution in [-0.4, -0.2) is 4.98 Å². The Bertz CT molecular complexity index is 2280. The number of fused-ring (bicyclic) bond motifs is 6. The molecule has 8 rings (SSSR count). The molecule has 4 aromatic carbocycles. The molecular formula is C42H45NO. The number of aromatic nitrogens is 1. The minimum atomic E-state index is -2.51. The van der Waals surface area contributed by atoms with Gasteiger partial charge in [0.2, 0.25) is 0 Å². The Morgan fingerprint density at radius 3 is 2.43 bits per heavy atom. The molecule has 2 aromatic heterocycles.